The number of hydrogen-bond acceptors (Lipinski definition) is 3. The zero-order chi connectivity index (χ0) is 15.9. The zero-order valence-electron chi connectivity index (χ0n) is 12.4. The van der Waals surface area contributed by atoms with E-state index < -0.39 is 0 Å². The molecule has 0 aromatic heterocycles. The molecule has 0 aliphatic rings. The number of benzene rings is 2. The van der Waals surface area contributed by atoms with Gasteiger partial charge in [-0.15, -0.1) is 0 Å². The number of carbonyl (C=O) groups excluding carboxylic acids is 1. The van der Waals surface area contributed by atoms with Crippen molar-refractivity contribution in [2.24, 2.45) is 0 Å². The van der Waals surface area contributed by atoms with E-state index in [0.717, 1.165) is 11.3 Å². The number of anilines is 1. The summed E-state index contributed by atoms with van der Waals surface area (Å²) in [5.74, 6) is -0.462. The summed E-state index contributed by atoms with van der Waals surface area (Å²) < 4.78 is 13.5. The Bertz CT molecular complexity index is 659. The van der Waals surface area contributed by atoms with E-state index in [0.29, 0.717) is 17.7 Å². The van der Waals surface area contributed by atoms with E-state index in [1.54, 1.807) is 31.2 Å². The van der Waals surface area contributed by atoms with E-state index in [1.165, 1.54) is 6.07 Å². The lowest BCUT2D eigenvalue weighted by Gasteiger charge is -2.09. The van der Waals surface area contributed by atoms with Crippen LogP contribution < -0.4 is 10.6 Å². The van der Waals surface area contributed by atoms with Gasteiger partial charge in [-0.3, -0.25) is 4.79 Å². The summed E-state index contributed by atoms with van der Waals surface area (Å²) in [7, 11) is 0. The van der Waals surface area contributed by atoms with Crippen LogP contribution in [0.3, 0.4) is 0 Å². The number of aryl methyl sites for hydroxylation is 1. The molecule has 0 atom stereocenters. The molecule has 1 amide bonds. The second-order valence-corrected chi connectivity index (χ2v) is 5.00. The first-order valence-corrected chi connectivity index (χ1v) is 7.08. The highest BCUT2D eigenvalue weighted by molar-refractivity contribution is 5.95. The van der Waals surface area contributed by atoms with E-state index in [1.807, 2.05) is 12.1 Å². The molecule has 0 fully saturated rings. The van der Waals surface area contributed by atoms with Crippen molar-refractivity contribution in [3.05, 3.63) is 65.0 Å². The number of rotatable bonds is 6. The van der Waals surface area contributed by atoms with Crippen LogP contribution in [0, 0.1) is 12.7 Å². The third-order valence-electron chi connectivity index (χ3n) is 3.26. The van der Waals surface area contributed by atoms with E-state index in [-0.39, 0.29) is 24.9 Å². The molecule has 3 N–H and O–H groups in total. The molecule has 0 bridgehead atoms. The average molecular weight is 302 g/mol. The van der Waals surface area contributed by atoms with Crippen molar-refractivity contribution < 1.29 is 14.3 Å². The monoisotopic (exact) mass is 302 g/mol. The van der Waals surface area contributed by atoms with E-state index >= 15 is 0 Å². The molecule has 0 aliphatic carbocycles. The minimum atomic E-state index is -0.237. The smallest absolute Gasteiger partial charge is 0.251 e. The first-order chi connectivity index (χ1) is 10.6. The number of hydrogen-bond donors (Lipinski definition) is 3. The number of aliphatic hydroxyl groups is 1. The fraction of sp³-hybridized carbons (Fsp3) is 0.235. The Morgan fingerprint density at radius 2 is 2.05 bits per heavy atom. The SMILES string of the molecule is Cc1ccc(CNc2cccc(C(=O)NCCO)c2)cc1F. The molecule has 22 heavy (non-hydrogen) atoms. The van der Waals surface area contributed by atoms with Gasteiger partial charge in [-0.2, -0.15) is 0 Å². The van der Waals surface area contributed by atoms with Crippen LogP contribution >= 0.6 is 0 Å². The molecule has 0 saturated carbocycles. The third-order valence-corrected chi connectivity index (χ3v) is 3.26. The zero-order valence-corrected chi connectivity index (χ0v) is 12.4. The molecule has 116 valence electrons. The van der Waals surface area contributed by atoms with Gasteiger partial charge in [-0.1, -0.05) is 18.2 Å². The summed E-state index contributed by atoms with van der Waals surface area (Å²) in [6.07, 6.45) is 0. The molecule has 2 aromatic rings. The van der Waals surface area contributed by atoms with Gasteiger partial charge in [0.15, 0.2) is 0 Å². The van der Waals surface area contributed by atoms with Gasteiger partial charge in [0.2, 0.25) is 0 Å². The summed E-state index contributed by atoms with van der Waals surface area (Å²) in [6.45, 7) is 2.32. The van der Waals surface area contributed by atoms with Crippen molar-refractivity contribution in [3.8, 4) is 0 Å². The molecule has 5 heteroatoms. The first kappa shape index (κ1) is 16.0. The Labute approximate surface area is 129 Å². The summed E-state index contributed by atoms with van der Waals surface area (Å²) in [4.78, 5) is 11.8. The van der Waals surface area contributed by atoms with Gasteiger partial charge < -0.3 is 15.7 Å². The summed E-state index contributed by atoms with van der Waals surface area (Å²) >= 11 is 0. The second-order valence-electron chi connectivity index (χ2n) is 5.00. The predicted molar refractivity (Wildman–Crippen MR) is 84.3 cm³/mol. The fourth-order valence-corrected chi connectivity index (χ4v) is 1.99. The number of halogens is 1. The van der Waals surface area contributed by atoms with Crippen molar-refractivity contribution in [3.63, 3.8) is 0 Å². The molecular formula is C17H19FN2O2. The lowest BCUT2D eigenvalue weighted by Crippen LogP contribution is -2.26. The maximum Gasteiger partial charge on any atom is 0.251 e. The summed E-state index contributed by atoms with van der Waals surface area (Å²) in [5.41, 5.74) is 2.73. The minimum Gasteiger partial charge on any atom is -0.395 e. The topological polar surface area (TPSA) is 61.4 Å². The lowest BCUT2D eigenvalue weighted by atomic mass is 10.1. The number of amides is 1. The van der Waals surface area contributed by atoms with Crippen molar-refractivity contribution in [1.82, 2.24) is 5.32 Å². The molecule has 0 spiro atoms. The average Bonchev–Trinajstić information content (AvgIpc) is 2.54. The Balaban J connectivity index is 2.01. The Morgan fingerprint density at radius 3 is 2.77 bits per heavy atom. The summed E-state index contributed by atoms with van der Waals surface area (Å²) in [6, 6.07) is 12.1. The fourth-order valence-electron chi connectivity index (χ4n) is 1.99. The van der Waals surface area contributed by atoms with Gasteiger partial charge in [0.1, 0.15) is 5.82 Å². The molecule has 2 aromatic carbocycles. The van der Waals surface area contributed by atoms with Crippen molar-refractivity contribution in [2.75, 3.05) is 18.5 Å². The minimum absolute atomic E-state index is 0.0946. The Morgan fingerprint density at radius 1 is 1.23 bits per heavy atom. The maximum absolute atomic E-state index is 13.5. The Hall–Kier alpha value is -2.40. The predicted octanol–water partition coefficient (Wildman–Crippen LogP) is 2.47. The van der Waals surface area contributed by atoms with Crippen LogP contribution in [0.1, 0.15) is 21.5 Å². The van der Waals surface area contributed by atoms with Gasteiger partial charge in [0, 0.05) is 24.3 Å². The molecule has 0 saturated heterocycles. The Kier molecular flexibility index (Phi) is 5.49. The lowest BCUT2D eigenvalue weighted by molar-refractivity contribution is 0.0945. The van der Waals surface area contributed by atoms with E-state index in [4.69, 9.17) is 5.11 Å². The van der Waals surface area contributed by atoms with E-state index in [2.05, 4.69) is 10.6 Å². The van der Waals surface area contributed by atoms with Crippen LogP contribution in [0.4, 0.5) is 10.1 Å². The van der Waals surface area contributed by atoms with Gasteiger partial charge >= 0.3 is 0 Å². The number of aliphatic hydroxyl groups excluding tert-OH is 1. The standard InChI is InChI=1S/C17H19FN2O2/c1-12-5-6-13(9-16(12)18)11-20-15-4-2-3-14(10-15)17(22)19-7-8-21/h2-6,9-10,20-21H,7-8,11H2,1H3,(H,19,22). The van der Waals surface area contributed by atoms with Crippen molar-refractivity contribution in [2.45, 2.75) is 13.5 Å². The second kappa shape index (κ2) is 7.56. The molecule has 0 heterocycles. The highest BCUT2D eigenvalue weighted by Crippen LogP contribution is 2.14. The van der Waals surface area contributed by atoms with Crippen molar-refractivity contribution in [1.29, 1.82) is 0 Å². The largest absolute Gasteiger partial charge is 0.395 e. The number of nitrogens with one attached hydrogen (secondary N) is 2. The molecule has 2 rings (SSSR count). The van der Waals surface area contributed by atoms with Gasteiger partial charge in [-0.25, -0.2) is 4.39 Å². The van der Waals surface area contributed by atoms with E-state index in [9.17, 15) is 9.18 Å². The van der Waals surface area contributed by atoms with Gasteiger partial charge in [0.25, 0.3) is 5.91 Å². The first-order valence-electron chi connectivity index (χ1n) is 7.08. The highest BCUT2D eigenvalue weighted by atomic mass is 19.1. The maximum atomic E-state index is 13.5. The molecule has 4 nitrogen and oxygen atoms in total. The summed E-state index contributed by atoms with van der Waals surface area (Å²) in [5, 5.41) is 14.5. The number of carbonyl (C=O) groups is 1. The van der Waals surface area contributed by atoms with Crippen molar-refractivity contribution >= 4 is 11.6 Å². The molecule has 0 unspecified atom stereocenters. The third kappa shape index (κ3) is 4.30. The normalized spacial score (nSPS) is 10.3. The van der Waals surface area contributed by atoms with Crippen LogP contribution in [0.25, 0.3) is 0 Å². The van der Waals surface area contributed by atoms with Gasteiger partial charge in [0.05, 0.1) is 6.61 Å². The van der Waals surface area contributed by atoms with Crippen LogP contribution in [0.15, 0.2) is 42.5 Å². The highest BCUT2D eigenvalue weighted by Gasteiger charge is 2.05. The molecule has 0 radical (unpaired) electrons. The van der Waals surface area contributed by atoms with Crippen LogP contribution in [-0.2, 0) is 6.54 Å². The van der Waals surface area contributed by atoms with Crippen LogP contribution in [0.2, 0.25) is 0 Å². The molecular weight excluding hydrogens is 283 g/mol. The molecule has 0 aliphatic heterocycles. The quantitative estimate of drug-likeness (QED) is 0.768. The van der Waals surface area contributed by atoms with Crippen LogP contribution in [-0.4, -0.2) is 24.2 Å². The van der Waals surface area contributed by atoms with Crippen LogP contribution in [0.5, 0.6) is 0 Å². The van der Waals surface area contributed by atoms with Gasteiger partial charge in [-0.05, 0) is 42.3 Å².